The predicted octanol–water partition coefficient (Wildman–Crippen LogP) is 3.34. The van der Waals surface area contributed by atoms with Crippen LogP contribution in [0.2, 0.25) is 0 Å². The van der Waals surface area contributed by atoms with Crippen molar-refractivity contribution in [3.63, 3.8) is 0 Å². The number of rotatable bonds is 5. The molecule has 1 atom stereocenters. The van der Waals surface area contributed by atoms with Crippen molar-refractivity contribution < 1.29 is 9.47 Å². The molecule has 2 aliphatic heterocycles. The van der Waals surface area contributed by atoms with E-state index in [1.165, 1.54) is 43.5 Å². The number of fused-ring (bicyclic) bond motifs is 1. The van der Waals surface area contributed by atoms with Crippen LogP contribution in [-0.4, -0.2) is 25.8 Å². The Morgan fingerprint density at radius 2 is 2.10 bits per heavy atom. The number of aryl methyl sites for hydroxylation is 1. The van der Waals surface area contributed by atoms with Crippen LogP contribution in [-0.2, 0) is 12.8 Å². The Kier molecular flexibility index (Phi) is 4.69. The van der Waals surface area contributed by atoms with Crippen LogP contribution in [0.3, 0.4) is 0 Å². The van der Waals surface area contributed by atoms with Crippen LogP contribution >= 0.6 is 0 Å². The van der Waals surface area contributed by atoms with Gasteiger partial charge in [0.2, 0.25) is 0 Å². The summed E-state index contributed by atoms with van der Waals surface area (Å²) in [4.78, 5) is 0. The summed E-state index contributed by atoms with van der Waals surface area (Å²) in [7, 11) is 0. The highest BCUT2D eigenvalue weighted by Crippen LogP contribution is 2.36. The molecule has 3 nitrogen and oxygen atoms in total. The van der Waals surface area contributed by atoms with Crippen molar-refractivity contribution in [1.82, 2.24) is 5.32 Å². The summed E-state index contributed by atoms with van der Waals surface area (Å²) in [6.45, 7) is 7.27. The van der Waals surface area contributed by atoms with Gasteiger partial charge in [0.1, 0.15) is 17.6 Å². The first-order valence-electron chi connectivity index (χ1n) is 8.42. The molecule has 0 amide bonds. The fourth-order valence-electron chi connectivity index (χ4n) is 3.50. The molecule has 0 saturated carbocycles. The fourth-order valence-corrected chi connectivity index (χ4v) is 3.50. The average molecular weight is 289 g/mol. The van der Waals surface area contributed by atoms with E-state index in [2.05, 4.69) is 31.3 Å². The van der Waals surface area contributed by atoms with Crippen LogP contribution < -0.4 is 14.8 Å². The molecule has 0 aromatic heterocycles. The summed E-state index contributed by atoms with van der Waals surface area (Å²) in [5.74, 6) is 3.00. The van der Waals surface area contributed by atoms with E-state index in [1.54, 1.807) is 0 Å². The summed E-state index contributed by atoms with van der Waals surface area (Å²) in [5.41, 5.74) is 2.62. The average Bonchev–Trinajstić information content (AvgIpc) is 2.85. The standard InChI is InChI=1S/C18H27NO2/c1-3-20-17-12-16-10-13(2)21-18(16)11-15(17)5-4-14-6-8-19-9-7-14/h11-14,19H,3-10H2,1-2H3. The molecule has 3 rings (SSSR count). The first-order valence-corrected chi connectivity index (χ1v) is 8.42. The minimum atomic E-state index is 0.300. The normalized spacial score (nSPS) is 21.9. The molecule has 0 spiro atoms. The van der Waals surface area contributed by atoms with E-state index in [9.17, 15) is 0 Å². The molecule has 1 saturated heterocycles. The highest BCUT2D eigenvalue weighted by atomic mass is 16.5. The van der Waals surface area contributed by atoms with E-state index in [0.29, 0.717) is 6.10 Å². The number of benzene rings is 1. The Balaban J connectivity index is 1.71. The van der Waals surface area contributed by atoms with E-state index in [0.717, 1.165) is 36.9 Å². The first-order chi connectivity index (χ1) is 10.3. The van der Waals surface area contributed by atoms with Gasteiger partial charge in [-0.15, -0.1) is 0 Å². The van der Waals surface area contributed by atoms with Gasteiger partial charge in [-0.05, 0) is 76.2 Å². The van der Waals surface area contributed by atoms with Crippen molar-refractivity contribution in [2.75, 3.05) is 19.7 Å². The van der Waals surface area contributed by atoms with Gasteiger partial charge < -0.3 is 14.8 Å². The first kappa shape index (κ1) is 14.7. The third-order valence-electron chi connectivity index (χ3n) is 4.66. The van der Waals surface area contributed by atoms with Crippen LogP contribution in [0.25, 0.3) is 0 Å². The zero-order chi connectivity index (χ0) is 14.7. The second-order valence-electron chi connectivity index (χ2n) is 6.37. The minimum absolute atomic E-state index is 0.300. The van der Waals surface area contributed by atoms with Crippen molar-refractivity contribution in [2.24, 2.45) is 5.92 Å². The Labute approximate surface area is 128 Å². The number of ether oxygens (including phenoxy) is 2. The quantitative estimate of drug-likeness (QED) is 0.902. The predicted molar refractivity (Wildman–Crippen MR) is 85.3 cm³/mol. The maximum Gasteiger partial charge on any atom is 0.123 e. The van der Waals surface area contributed by atoms with Crippen LogP contribution in [0.5, 0.6) is 11.5 Å². The highest BCUT2D eigenvalue weighted by Gasteiger charge is 2.22. The minimum Gasteiger partial charge on any atom is -0.494 e. The fraction of sp³-hybridized carbons (Fsp3) is 0.667. The molecule has 21 heavy (non-hydrogen) atoms. The molecule has 116 valence electrons. The Bertz CT molecular complexity index is 480. The molecule has 1 N–H and O–H groups in total. The summed E-state index contributed by atoms with van der Waals surface area (Å²) in [6.07, 6.45) is 6.28. The van der Waals surface area contributed by atoms with Gasteiger partial charge in [-0.1, -0.05) is 0 Å². The molecule has 0 aliphatic carbocycles. The Hall–Kier alpha value is -1.22. The second kappa shape index (κ2) is 6.69. The highest BCUT2D eigenvalue weighted by molar-refractivity contribution is 5.48. The van der Waals surface area contributed by atoms with Gasteiger partial charge in [0.25, 0.3) is 0 Å². The molecule has 1 aromatic rings. The molecule has 0 radical (unpaired) electrons. The van der Waals surface area contributed by atoms with Crippen molar-refractivity contribution in [3.8, 4) is 11.5 Å². The number of hydrogen-bond acceptors (Lipinski definition) is 3. The maximum absolute atomic E-state index is 5.91. The van der Waals surface area contributed by atoms with Crippen molar-refractivity contribution in [2.45, 2.75) is 52.1 Å². The third-order valence-corrected chi connectivity index (χ3v) is 4.66. The molecule has 2 aliphatic rings. The van der Waals surface area contributed by atoms with Crippen LogP contribution in [0, 0.1) is 5.92 Å². The van der Waals surface area contributed by atoms with Gasteiger partial charge in [-0.25, -0.2) is 0 Å². The van der Waals surface area contributed by atoms with E-state index in [4.69, 9.17) is 9.47 Å². The van der Waals surface area contributed by atoms with Crippen molar-refractivity contribution in [1.29, 1.82) is 0 Å². The van der Waals surface area contributed by atoms with Gasteiger partial charge >= 0.3 is 0 Å². The second-order valence-corrected chi connectivity index (χ2v) is 6.37. The number of piperidine rings is 1. The topological polar surface area (TPSA) is 30.5 Å². The molecule has 1 unspecified atom stereocenters. The van der Waals surface area contributed by atoms with E-state index >= 15 is 0 Å². The molecule has 2 heterocycles. The number of hydrogen-bond donors (Lipinski definition) is 1. The van der Waals surface area contributed by atoms with Gasteiger partial charge in [0.15, 0.2) is 0 Å². The Morgan fingerprint density at radius 1 is 1.29 bits per heavy atom. The van der Waals surface area contributed by atoms with Gasteiger partial charge in [0.05, 0.1) is 6.61 Å². The third kappa shape index (κ3) is 3.52. The molecular weight excluding hydrogens is 262 g/mol. The SMILES string of the molecule is CCOc1cc2c(cc1CCC1CCNCC1)OC(C)C2. The lowest BCUT2D eigenvalue weighted by molar-refractivity contribution is 0.254. The van der Waals surface area contributed by atoms with Gasteiger partial charge in [-0.3, -0.25) is 0 Å². The van der Waals surface area contributed by atoms with Crippen LogP contribution in [0.1, 0.15) is 44.2 Å². The maximum atomic E-state index is 5.91. The van der Waals surface area contributed by atoms with Gasteiger partial charge in [0, 0.05) is 12.0 Å². The van der Waals surface area contributed by atoms with Gasteiger partial charge in [-0.2, -0.15) is 0 Å². The smallest absolute Gasteiger partial charge is 0.123 e. The molecular formula is C18H27NO2. The zero-order valence-corrected chi connectivity index (χ0v) is 13.3. The summed E-state index contributed by atoms with van der Waals surface area (Å²) >= 11 is 0. The van der Waals surface area contributed by atoms with Crippen molar-refractivity contribution >= 4 is 0 Å². The summed E-state index contributed by atoms with van der Waals surface area (Å²) in [6, 6.07) is 4.44. The lowest BCUT2D eigenvalue weighted by Crippen LogP contribution is -2.27. The molecule has 1 fully saturated rings. The van der Waals surface area contributed by atoms with Crippen LogP contribution in [0.4, 0.5) is 0 Å². The molecule has 3 heteroatoms. The lowest BCUT2D eigenvalue weighted by atomic mass is 9.91. The zero-order valence-electron chi connectivity index (χ0n) is 13.3. The number of nitrogens with one attached hydrogen (secondary N) is 1. The summed E-state index contributed by atoms with van der Waals surface area (Å²) in [5, 5.41) is 3.44. The lowest BCUT2D eigenvalue weighted by Gasteiger charge is -2.23. The van der Waals surface area contributed by atoms with E-state index in [1.807, 2.05) is 0 Å². The van der Waals surface area contributed by atoms with E-state index < -0.39 is 0 Å². The van der Waals surface area contributed by atoms with Crippen molar-refractivity contribution in [3.05, 3.63) is 23.3 Å². The molecule has 0 bridgehead atoms. The van der Waals surface area contributed by atoms with Crippen LogP contribution in [0.15, 0.2) is 12.1 Å². The summed E-state index contributed by atoms with van der Waals surface area (Å²) < 4.78 is 11.8. The largest absolute Gasteiger partial charge is 0.494 e. The van der Waals surface area contributed by atoms with E-state index in [-0.39, 0.29) is 0 Å². The Morgan fingerprint density at radius 3 is 2.86 bits per heavy atom. The monoisotopic (exact) mass is 289 g/mol. The molecule has 1 aromatic carbocycles.